The summed E-state index contributed by atoms with van der Waals surface area (Å²) in [6, 6.07) is 11.3. The summed E-state index contributed by atoms with van der Waals surface area (Å²) in [5.74, 6) is -0.232. The number of carbonyl (C=O) groups is 1. The second-order valence-corrected chi connectivity index (χ2v) is 6.69. The lowest BCUT2D eigenvalue weighted by Gasteiger charge is -2.30. The van der Waals surface area contributed by atoms with Crippen LogP contribution in [0.3, 0.4) is 0 Å². The van der Waals surface area contributed by atoms with E-state index < -0.39 is 0 Å². The highest BCUT2D eigenvalue weighted by Gasteiger charge is 2.18. The highest BCUT2D eigenvalue weighted by atomic mass is 35.5. The number of hydrogen-bond acceptors (Lipinski definition) is 3. The molecule has 0 saturated carbocycles. The molecule has 128 valence electrons. The van der Waals surface area contributed by atoms with E-state index in [-0.39, 0.29) is 5.91 Å². The number of hydrogen-bond donors (Lipinski definition) is 1. The monoisotopic (exact) mass is 354 g/mol. The van der Waals surface area contributed by atoms with Crippen molar-refractivity contribution in [2.75, 3.05) is 23.3 Å². The normalized spacial score (nSPS) is 14.7. The third-order valence-electron chi connectivity index (χ3n) is 4.50. The second kappa shape index (κ2) is 6.76. The number of carbonyl (C=O) groups excluding carboxylic acids is 1. The molecule has 1 N–H and O–H groups in total. The van der Waals surface area contributed by atoms with E-state index >= 15 is 0 Å². The Balaban J connectivity index is 1.62. The van der Waals surface area contributed by atoms with Crippen LogP contribution in [0, 0.1) is 0 Å². The summed E-state index contributed by atoms with van der Waals surface area (Å²) in [4.78, 5) is 19.4. The van der Waals surface area contributed by atoms with E-state index in [1.54, 1.807) is 12.3 Å². The van der Waals surface area contributed by atoms with Gasteiger partial charge in [-0.05, 0) is 49.6 Å². The maximum atomic E-state index is 12.7. The molecule has 0 spiro atoms. The van der Waals surface area contributed by atoms with Gasteiger partial charge in [0.15, 0.2) is 0 Å². The molecule has 0 unspecified atom stereocenters. The number of benzene rings is 1. The maximum Gasteiger partial charge on any atom is 0.275 e. The first-order valence-electron chi connectivity index (χ1n) is 8.50. The van der Waals surface area contributed by atoms with Gasteiger partial charge in [0, 0.05) is 30.5 Å². The minimum Gasteiger partial charge on any atom is -0.370 e. The first-order valence-corrected chi connectivity index (χ1v) is 8.88. The lowest BCUT2D eigenvalue weighted by molar-refractivity contribution is 0.102. The first kappa shape index (κ1) is 16.0. The highest BCUT2D eigenvalue weighted by Crippen LogP contribution is 2.31. The zero-order valence-corrected chi connectivity index (χ0v) is 14.5. The average Bonchev–Trinajstić information content (AvgIpc) is 3.07. The zero-order chi connectivity index (χ0) is 17.2. The van der Waals surface area contributed by atoms with Crippen molar-refractivity contribution < 1.29 is 4.79 Å². The average molecular weight is 355 g/mol. The summed E-state index contributed by atoms with van der Waals surface area (Å²) >= 11 is 6.16. The van der Waals surface area contributed by atoms with Crippen molar-refractivity contribution in [2.45, 2.75) is 19.3 Å². The molecule has 4 rings (SSSR count). The van der Waals surface area contributed by atoms with E-state index in [4.69, 9.17) is 11.6 Å². The van der Waals surface area contributed by atoms with Crippen molar-refractivity contribution in [3.05, 3.63) is 59.5 Å². The molecule has 0 bridgehead atoms. The fraction of sp³-hybridized carbons (Fsp3) is 0.263. The predicted molar refractivity (Wildman–Crippen MR) is 101 cm³/mol. The minimum absolute atomic E-state index is 0.232. The Morgan fingerprint density at radius 3 is 2.76 bits per heavy atom. The van der Waals surface area contributed by atoms with Crippen LogP contribution in [-0.2, 0) is 0 Å². The quantitative estimate of drug-likeness (QED) is 0.765. The Kier molecular flexibility index (Phi) is 4.32. The topological polar surface area (TPSA) is 49.6 Å². The molecule has 1 aromatic carbocycles. The molecular formula is C19H19ClN4O. The largest absolute Gasteiger partial charge is 0.370 e. The summed E-state index contributed by atoms with van der Waals surface area (Å²) in [7, 11) is 0. The number of imidazole rings is 1. The molecule has 0 aliphatic carbocycles. The van der Waals surface area contributed by atoms with E-state index in [1.165, 1.54) is 19.3 Å². The third-order valence-corrected chi connectivity index (χ3v) is 4.74. The van der Waals surface area contributed by atoms with E-state index in [9.17, 15) is 4.79 Å². The van der Waals surface area contributed by atoms with Crippen molar-refractivity contribution in [1.29, 1.82) is 0 Å². The summed E-state index contributed by atoms with van der Waals surface area (Å²) in [6.07, 6.45) is 7.20. The van der Waals surface area contributed by atoms with Crippen LogP contribution in [0.4, 0.5) is 11.4 Å². The number of pyridine rings is 1. The number of piperidine rings is 1. The molecule has 1 fully saturated rings. The molecule has 25 heavy (non-hydrogen) atoms. The van der Waals surface area contributed by atoms with Gasteiger partial charge in [-0.1, -0.05) is 17.7 Å². The number of amides is 1. The van der Waals surface area contributed by atoms with Gasteiger partial charge in [-0.3, -0.25) is 4.79 Å². The maximum absolute atomic E-state index is 12.7. The SMILES string of the molecule is O=C(Nc1cc(Cl)ccc1N1CCCCC1)c1cn2ccccc2n1. The van der Waals surface area contributed by atoms with Crippen molar-refractivity contribution in [1.82, 2.24) is 9.38 Å². The molecule has 6 heteroatoms. The second-order valence-electron chi connectivity index (χ2n) is 6.26. The Labute approximate surface area is 151 Å². The lowest BCUT2D eigenvalue weighted by Crippen LogP contribution is -2.30. The van der Waals surface area contributed by atoms with Crippen molar-refractivity contribution >= 4 is 34.5 Å². The molecule has 2 aromatic heterocycles. The fourth-order valence-corrected chi connectivity index (χ4v) is 3.42. The summed E-state index contributed by atoms with van der Waals surface area (Å²) in [6.45, 7) is 2.00. The number of nitrogens with zero attached hydrogens (tertiary/aromatic N) is 3. The number of nitrogens with one attached hydrogen (secondary N) is 1. The van der Waals surface area contributed by atoms with E-state index in [0.717, 1.165) is 30.1 Å². The van der Waals surface area contributed by atoms with Gasteiger partial charge in [-0.15, -0.1) is 0 Å². The van der Waals surface area contributed by atoms with Crippen LogP contribution in [0.1, 0.15) is 29.8 Å². The van der Waals surface area contributed by atoms with Crippen LogP contribution in [-0.4, -0.2) is 28.4 Å². The van der Waals surface area contributed by atoms with Crippen LogP contribution >= 0.6 is 11.6 Å². The van der Waals surface area contributed by atoms with Crippen LogP contribution < -0.4 is 10.2 Å². The summed E-state index contributed by atoms with van der Waals surface area (Å²) < 4.78 is 1.83. The highest BCUT2D eigenvalue weighted by molar-refractivity contribution is 6.31. The van der Waals surface area contributed by atoms with Crippen LogP contribution in [0.15, 0.2) is 48.8 Å². The van der Waals surface area contributed by atoms with Crippen LogP contribution in [0.5, 0.6) is 0 Å². The van der Waals surface area contributed by atoms with Crippen molar-refractivity contribution in [3.63, 3.8) is 0 Å². The van der Waals surface area contributed by atoms with Crippen LogP contribution in [0.2, 0.25) is 5.02 Å². The van der Waals surface area contributed by atoms with Gasteiger partial charge in [0.2, 0.25) is 0 Å². The first-order chi connectivity index (χ1) is 12.2. The molecule has 1 amide bonds. The minimum atomic E-state index is -0.232. The van der Waals surface area contributed by atoms with Gasteiger partial charge in [0.05, 0.1) is 11.4 Å². The van der Waals surface area contributed by atoms with Gasteiger partial charge in [-0.2, -0.15) is 0 Å². The molecular weight excluding hydrogens is 336 g/mol. The Morgan fingerprint density at radius 1 is 1.12 bits per heavy atom. The molecule has 1 aliphatic rings. The summed E-state index contributed by atoms with van der Waals surface area (Å²) in [5, 5.41) is 3.59. The molecule has 5 nitrogen and oxygen atoms in total. The molecule has 1 saturated heterocycles. The Bertz CT molecular complexity index is 882. The summed E-state index contributed by atoms with van der Waals surface area (Å²) in [5.41, 5.74) is 2.88. The van der Waals surface area contributed by atoms with Gasteiger partial charge in [0.25, 0.3) is 5.91 Å². The Morgan fingerprint density at radius 2 is 1.96 bits per heavy atom. The molecule has 3 aromatic rings. The van der Waals surface area contributed by atoms with Crippen molar-refractivity contribution in [3.8, 4) is 0 Å². The molecule has 0 radical (unpaired) electrons. The Hall–Kier alpha value is -2.53. The number of aromatic nitrogens is 2. The van der Waals surface area contributed by atoms with Crippen molar-refractivity contribution in [2.24, 2.45) is 0 Å². The van der Waals surface area contributed by atoms with Crippen LogP contribution in [0.25, 0.3) is 5.65 Å². The van der Waals surface area contributed by atoms with E-state index in [0.29, 0.717) is 10.7 Å². The van der Waals surface area contributed by atoms with E-state index in [1.807, 2.05) is 40.9 Å². The number of rotatable bonds is 3. The van der Waals surface area contributed by atoms with Gasteiger partial charge in [0.1, 0.15) is 11.3 Å². The molecule has 3 heterocycles. The number of fused-ring (bicyclic) bond motifs is 1. The fourth-order valence-electron chi connectivity index (χ4n) is 3.25. The van der Waals surface area contributed by atoms with Gasteiger partial charge >= 0.3 is 0 Å². The predicted octanol–water partition coefficient (Wildman–Crippen LogP) is 4.23. The zero-order valence-electron chi connectivity index (χ0n) is 13.8. The lowest BCUT2D eigenvalue weighted by atomic mass is 10.1. The number of halogens is 1. The van der Waals surface area contributed by atoms with E-state index in [2.05, 4.69) is 15.2 Å². The van der Waals surface area contributed by atoms with Gasteiger partial charge < -0.3 is 14.6 Å². The number of anilines is 2. The standard InChI is InChI=1S/C19H19ClN4O/c20-14-7-8-17(23-9-3-1-4-10-23)15(12-14)22-19(25)16-13-24-11-5-2-6-18(24)21-16/h2,5-8,11-13H,1,3-4,9-10H2,(H,22,25). The molecule has 0 atom stereocenters. The molecule has 1 aliphatic heterocycles. The van der Waals surface area contributed by atoms with Gasteiger partial charge in [-0.25, -0.2) is 4.98 Å². The smallest absolute Gasteiger partial charge is 0.275 e. The third kappa shape index (κ3) is 3.33.